The fourth-order valence-electron chi connectivity index (χ4n) is 3.99. The number of rotatable bonds is 5. The van der Waals surface area contributed by atoms with Gasteiger partial charge < -0.3 is 19.9 Å². The number of hydrogen-bond donors (Lipinski definition) is 2. The topological polar surface area (TPSA) is 83.1 Å². The molecule has 1 saturated heterocycles. The number of nitrogens with one attached hydrogen (secondary N) is 2. The van der Waals surface area contributed by atoms with Gasteiger partial charge in [-0.25, -0.2) is 9.97 Å². The SMILES string of the molecule is COc1ccc2[nH]cc(CC(=O)NC3CCN(c4cc(C)nc(C)n4)CC3)c2c1. The molecular formula is C22H27N5O2. The Morgan fingerprint density at radius 2 is 2.03 bits per heavy atom. The van der Waals surface area contributed by atoms with E-state index in [1.807, 2.05) is 44.3 Å². The first-order valence-corrected chi connectivity index (χ1v) is 10.0. The Morgan fingerprint density at radius 3 is 2.76 bits per heavy atom. The van der Waals surface area contributed by atoms with Crippen LogP contribution >= 0.6 is 0 Å². The fourth-order valence-corrected chi connectivity index (χ4v) is 3.99. The molecule has 0 atom stereocenters. The molecule has 1 aliphatic heterocycles. The number of methoxy groups -OCH3 is 1. The highest BCUT2D eigenvalue weighted by Gasteiger charge is 2.22. The van der Waals surface area contributed by atoms with Gasteiger partial charge in [0.1, 0.15) is 17.4 Å². The molecule has 0 spiro atoms. The minimum atomic E-state index is 0.0564. The Morgan fingerprint density at radius 1 is 1.24 bits per heavy atom. The average Bonchev–Trinajstić information content (AvgIpc) is 3.09. The minimum Gasteiger partial charge on any atom is -0.497 e. The molecule has 3 aromatic rings. The Kier molecular flexibility index (Phi) is 5.38. The quantitative estimate of drug-likeness (QED) is 0.696. The van der Waals surface area contributed by atoms with E-state index in [-0.39, 0.29) is 11.9 Å². The molecule has 2 aromatic heterocycles. The maximum absolute atomic E-state index is 12.6. The molecule has 7 nitrogen and oxygen atoms in total. The fraction of sp³-hybridized carbons (Fsp3) is 0.409. The molecule has 1 amide bonds. The van der Waals surface area contributed by atoms with E-state index in [9.17, 15) is 4.79 Å². The third-order valence-electron chi connectivity index (χ3n) is 5.46. The van der Waals surface area contributed by atoms with Crippen molar-refractivity contribution in [1.82, 2.24) is 20.3 Å². The monoisotopic (exact) mass is 393 g/mol. The van der Waals surface area contributed by atoms with E-state index in [2.05, 4.69) is 25.2 Å². The van der Waals surface area contributed by atoms with Crippen LogP contribution in [0.2, 0.25) is 0 Å². The number of aromatic amines is 1. The largest absolute Gasteiger partial charge is 0.497 e. The van der Waals surface area contributed by atoms with Crippen LogP contribution in [0.3, 0.4) is 0 Å². The number of benzene rings is 1. The number of amides is 1. The highest BCUT2D eigenvalue weighted by atomic mass is 16.5. The van der Waals surface area contributed by atoms with Gasteiger partial charge in [-0.1, -0.05) is 0 Å². The number of carbonyl (C=O) groups is 1. The van der Waals surface area contributed by atoms with Crippen LogP contribution in [0.15, 0.2) is 30.5 Å². The lowest BCUT2D eigenvalue weighted by atomic mass is 10.0. The molecule has 3 heterocycles. The average molecular weight is 393 g/mol. The van der Waals surface area contributed by atoms with E-state index in [0.29, 0.717) is 6.42 Å². The molecule has 0 bridgehead atoms. The first-order chi connectivity index (χ1) is 14.0. The number of fused-ring (bicyclic) bond motifs is 1. The number of H-pyrrole nitrogens is 1. The van der Waals surface area contributed by atoms with Crippen molar-refractivity contribution in [2.45, 2.75) is 39.2 Å². The zero-order valence-corrected chi connectivity index (χ0v) is 17.2. The zero-order valence-electron chi connectivity index (χ0n) is 17.2. The van der Waals surface area contributed by atoms with Crippen molar-refractivity contribution in [1.29, 1.82) is 0 Å². The summed E-state index contributed by atoms with van der Waals surface area (Å²) in [6.07, 6.45) is 4.09. The highest BCUT2D eigenvalue weighted by molar-refractivity contribution is 5.89. The lowest BCUT2D eigenvalue weighted by Crippen LogP contribution is -2.45. The summed E-state index contributed by atoms with van der Waals surface area (Å²) in [6.45, 7) is 5.67. The van der Waals surface area contributed by atoms with Crippen LogP contribution in [0.1, 0.15) is 29.9 Å². The van der Waals surface area contributed by atoms with Crippen LogP contribution in [0.4, 0.5) is 5.82 Å². The van der Waals surface area contributed by atoms with Gasteiger partial charge in [-0.3, -0.25) is 4.79 Å². The number of nitrogens with zero attached hydrogens (tertiary/aromatic N) is 3. The molecule has 7 heteroatoms. The number of aryl methyl sites for hydroxylation is 2. The Balaban J connectivity index is 1.34. The van der Waals surface area contributed by atoms with Crippen molar-refractivity contribution < 1.29 is 9.53 Å². The van der Waals surface area contributed by atoms with Gasteiger partial charge in [-0.2, -0.15) is 0 Å². The number of hydrogen-bond acceptors (Lipinski definition) is 5. The second-order valence-electron chi connectivity index (χ2n) is 7.65. The van der Waals surface area contributed by atoms with Crippen LogP contribution in [-0.2, 0) is 11.2 Å². The van der Waals surface area contributed by atoms with Crippen LogP contribution in [0.5, 0.6) is 5.75 Å². The summed E-state index contributed by atoms with van der Waals surface area (Å²) >= 11 is 0. The summed E-state index contributed by atoms with van der Waals surface area (Å²) in [7, 11) is 1.65. The molecule has 0 radical (unpaired) electrons. The summed E-state index contributed by atoms with van der Waals surface area (Å²) in [6, 6.07) is 8.08. The van der Waals surface area contributed by atoms with Crippen LogP contribution in [0.25, 0.3) is 10.9 Å². The smallest absolute Gasteiger partial charge is 0.224 e. The summed E-state index contributed by atoms with van der Waals surface area (Å²) in [4.78, 5) is 27.0. The number of anilines is 1. The highest BCUT2D eigenvalue weighted by Crippen LogP contribution is 2.24. The lowest BCUT2D eigenvalue weighted by molar-refractivity contribution is -0.121. The van der Waals surface area contributed by atoms with Crippen LogP contribution < -0.4 is 15.0 Å². The molecule has 1 aliphatic rings. The van der Waals surface area contributed by atoms with Gasteiger partial charge >= 0.3 is 0 Å². The van der Waals surface area contributed by atoms with E-state index >= 15 is 0 Å². The van der Waals surface area contributed by atoms with Crippen molar-refractivity contribution in [2.75, 3.05) is 25.1 Å². The van der Waals surface area contributed by atoms with Crippen LogP contribution in [-0.4, -0.2) is 47.1 Å². The minimum absolute atomic E-state index is 0.0564. The van der Waals surface area contributed by atoms with Gasteiger partial charge in [0.15, 0.2) is 0 Å². The van der Waals surface area contributed by atoms with Gasteiger partial charge in [0.25, 0.3) is 0 Å². The van der Waals surface area contributed by atoms with Crippen molar-refractivity contribution in [3.05, 3.63) is 47.5 Å². The molecule has 0 saturated carbocycles. The third kappa shape index (κ3) is 4.34. The van der Waals surface area contributed by atoms with Gasteiger partial charge in [-0.05, 0) is 50.5 Å². The first kappa shape index (κ1) is 19.2. The Bertz CT molecular complexity index is 1000. The Labute approximate surface area is 170 Å². The molecular weight excluding hydrogens is 366 g/mol. The molecule has 2 N–H and O–H groups in total. The Hall–Kier alpha value is -3.09. The number of ether oxygens (including phenoxy) is 1. The maximum Gasteiger partial charge on any atom is 0.224 e. The van der Waals surface area contributed by atoms with Gasteiger partial charge in [0, 0.05) is 48.0 Å². The van der Waals surface area contributed by atoms with Crippen molar-refractivity contribution in [3.8, 4) is 5.75 Å². The standard InChI is InChI=1S/C22H27N5O2/c1-14-10-21(25-15(2)24-14)27-8-6-17(7-9-27)26-22(28)11-16-13-23-20-5-4-18(29-3)12-19(16)20/h4-5,10,12-13,17,23H,6-9,11H2,1-3H3,(H,26,28). The van der Waals surface area contributed by atoms with Crippen LogP contribution in [0, 0.1) is 13.8 Å². The van der Waals surface area contributed by atoms with E-state index < -0.39 is 0 Å². The molecule has 4 rings (SSSR count). The predicted octanol–water partition coefficient (Wildman–Crippen LogP) is 2.91. The molecule has 29 heavy (non-hydrogen) atoms. The van der Waals surface area contributed by atoms with Gasteiger partial charge in [0.2, 0.25) is 5.91 Å². The molecule has 0 unspecified atom stereocenters. The summed E-state index contributed by atoms with van der Waals surface area (Å²) in [5.41, 5.74) is 2.98. The van der Waals surface area contributed by atoms with Crippen molar-refractivity contribution in [2.24, 2.45) is 0 Å². The number of carbonyl (C=O) groups excluding carboxylic acids is 1. The lowest BCUT2D eigenvalue weighted by Gasteiger charge is -2.33. The summed E-state index contributed by atoms with van der Waals surface area (Å²) < 4.78 is 5.31. The summed E-state index contributed by atoms with van der Waals surface area (Å²) in [5, 5.41) is 4.23. The zero-order chi connectivity index (χ0) is 20.4. The number of aromatic nitrogens is 3. The second kappa shape index (κ2) is 8.11. The third-order valence-corrected chi connectivity index (χ3v) is 5.46. The maximum atomic E-state index is 12.6. The van der Waals surface area contributed by atoms with Crippen molar-refractivity contribution >= 4 is 22.6 Å². The van der Waals surface area contributed by atoms with Crippen molar-refractivity contribution in [3.63, 3.8) is 0 Å². The molecule has 1 aromatic carbocycles. The number of piperidine rings is 1. The molecule has 1 fully saturated rings. The van der Waals surface area contributed by atoms with E-state index in [4.69, 9.17) is 4.74 Å². The second-order valence-corrected chi connectivity index (χ2v) is 7.65. The molecule has 0 aliphatic carbocycles. The van der Waals surface area contributed by atoms with Gasteiger partial charge in [0.05, 0.1) is 13.5 Å². The normalized spacial score (nSPS) is 14.9. The summed E-state index contributed by atoms with van der Waals surface area (Å²) in [5.74, 6) is 2.63. The molecule has 152 valence electrons. The van der Waals surface area contributed by atoms with E-state index in [1.54, 1.807) is 7.11 Å². The predicted molar refractivity (Wildman–Crippen MR) is 113 cm³/mol. The van der Waals surface area contributed by atoms with E-state index in [1.165, 1.54) is 0 Å². The first-order valence-electron chi connectivity index (χ1n) is 10.0. The van der Waals surface area contributed by atoms with Gasteiger partial charge in [-0.15, -0.1) is 0 Å². The van der Waals surface area contributed by atoms with E-state index in [0.717, 1.165) is 65.5 Å².